The maximum atomic E-state index is 5.84. The van der Waals surface area contributed by atoms with Gasteiger partial charge in [0.25, 0.3) is 0 Å². The molecule has 0 atom stereocenters. The molecule has 0 aliphatic rings. The van der Waals surface area contributed by atoms with Crippen LogP contribution in [0.5, 0.6) is 0 Å². The van der Waals surface area contributed by atoms with Gasteiger partial charge in [-0.2, -0.15) is 0 Å². The molecule has 0 aliphatic carbocycles. The number of hydrogen-bond acceptors (Lipinski definition) is 3. The SMILES string of the molecule is CCCCCCCCNC(N)=NCCCN(C)CCOC. The first-order chi connectivity index (χ1) is 10.2. The summed E-state index contributed by atoms with van der Waals surface area (Å²) in [5.41, 5.74) is 5.84. The Hall–Kier alpha value is -0.810. The van der Waals surface area contributed by atoms with Gasteiger partial charge in [0.2, 0.25) is 0 Å². The minimum atomic E-state index is 0.586. The highest BCUT2D eigenvalue weighted by atomic mass is 16.5. The number of guanidine groups is 1. The maximum Gasteiger partial charge on any atom is 0.188 e. The lowest BCUT2D eigenvalue weighted by Crippen LogP contribution is -2.32. The Morgan fingerprint density at radius 1 is 1.10 bits per heavy atom. The van der Waals surface area contributed by atoms with Gasteiger partial charge < -0.3 is 20.7 Å². The van der Waals surface area contributed by atoms with Crippen LogP contribution in [0.4, 0.5) is 0 Å². The van der Waals surface area contributed by atoms with E-state index in [1.165, 1.54) is 38.5 Å². The molecule has 126 valence electrons. The molecular weight excluding hydrogens is 264 g/mol. The first-order valence-electron chi connectivity index (χ1n) is 8.42. The molecule has 0 saturated carbocycles. The summed E-state index contributed by atoms with van der Waals surface area (Å²) in [6, 6.07) is 0. The highest BCUT2D eigenvalue weighted by Crippen LogP contribution is 2.03. The van der Waals surface area contributed by atoms with Gasteiger partial charge in [-0.15, -0.1) is 0 Å². The van der Waals surface area contributed by atoms with Gasteiger partial charge in [0.15, 0.2) is 5.96 Å². The largest absolute Gasteiger partial charge is 0.383 e. The second kappa shape index (κ2) is 15.6. The molecule has 0 fully saturated rings. The molecule has 0 aromatic carbocycles. The molecule has 0 aliphatic heterocycles. The third kappa shape index (κ3) is 15.4. The summed E-state index contributed by atoms with van der Waals surface area (Å²) in [6.07, 6.45) is 8.84. The second-order valence-electron chi connectivity index (χ2n) is 5.61. The molecule has 0 radical (unpaired) electrons. The van der Waals surface area contributed by atoms with E-state index in [1.807, 2.05) is 0 Å². The van der Waals surface area contributed by atoms with Crippen molar-refractivity contribution in [1.82, 2.24) is 10.2 Å². The Kier molecular flexibility index (Phi) is 15.0. The van der Waals surface area contributed by atoms with E-state index in [2.05, 4.69) is 29.2 Å². The zero-order valence-corrected chi connectivity index (χ0v) is 14.4. The van der Waals surface area contributed by atoms with Gasteiger partial charge in [-0.3, -0.25) is 4.99 Å². The predicted molar refractivity (Wildman–Crippen MR) is 91.9 cm³/mol. The van der Waals surface area contributed by atoms with Crippen LogP contribution in [-0.4, -0.2) is 57.8 Å². The fraction of sp³-hybridized carbons (Fsp3) is 0.938. The quantitative estimate of drug-likeness (QED) is 0.293. The number of unbranched alkanes of at least 4 members (excludes halogenated alkanes) is 5. The lowest BCUT2D eigenvalue weighted by atomic mass is 10.1. The lowest BCUT2D eigenvalue weighted by Gasteiger charge is -2.14. The Balaban J connectivity index is 3.39. The van der Waals surface area contributed by atoms with Crippen LogP contribution < -0.4 is 11.1 Å². The number of rotatable bonds is 14. The number of nitrogens with two attached hydrogens (primary N) is 1. The van der Waals surface area contributed by atoms with E-state index >= 15 is 0 Å². The number of aliphatic imine (C=N–C) groups is 1. The summed E-state index contributed by atoms with van der Waals surface area (Å²) in [5, 5.41) is 3.19. The smallest absolute Gasteiger partial charge is 0.188 e. The molecule has 0 unspecified atom stereocenters. The van der Waals surface area contributed by atoms with E-state index in [1.54, 1.807) is 7.11 Å². The summed E-state index contributed by atoms with van der Waals surface area (Å²) >= 11 is 0. The van der Waals surface area contributed by atoms with Gasteiger partial charge in [0, 0.05) is 26.7 Å². The van der Waals surface area contributed by atoms with Gasteiger partial charge >= 0.3 is 0 Å². The van der Waals surface area contributed by atoms with Crippen molar-refractivity contribution < 1.29 is 4.74 Å². The van der Waals surface area contributed by atoms with Crippen LogP contribution in [0.25, 0.3) is 0 Å². The fourth-order valence-electron chi connectivity index (χ4n) is 2.08. The molecule has 3 N–H and O–H groups in total. The van der Waals surface area contributed by atoms with Crippen molar-refractivity contribution in [2.75, 3.05) is 46.9 Å². The van der Waals surface area contributed by atoms with E-state index in [-0.39, 0.29) is 0 Å². The zero-order valence-electron chi connectivity index (χ0n) is 14.4. The summed E-state index contributed by atoms with van der Waals surface area (Å²) in [6.45, 7) is 6.74. The van der Waals surface area contributed by atoms with Crippen molar-refractivity contribution in [3.05, 3.63) is 0 Å². The summed E-state index contributed by atoms with van der Waals surface area (Å²) in [4.78, 5) is 6.60. The van der Waals surface area contributed by atoms with Crippen molar-refractivity contribution in [2.45, 2.75) is 51.9 Å². The molecule has 0 rings (SSSR count). The molecular formula is C16H36N4O. The van der Waals surface area contributed by atoms with Crippen molar-refractivity contribution >= 4 is 5.96 Å². The van der Waals surface area contributed by atoms with E-state index in [0.29, 0.717) is 5.96 Å². The normalized spacial score (nSPS) is 12.1. The number of hydrogen-bond donors (Lipinski definition) is 2. The highest BCUT2D eigenvalue weighted by molar-refractivity contribution is 5.77. The number of ether oxygens (including phenoxy) is 1. The van der Waals surface area contributed by atoms with Crippen LogP contribution >= 0.6 is 0 Å². The maximum absolute atomic E-state index is 5.84. The Labute approximate surface area is 131 Å². The molecule has 21 heavy (non-hydrogen) atoms. The van der Waals surface area contributed by atoms with Gasteiger partial charge in [0.1, 0.15) is 0 Å². The number of nitrogens with one attached hydrogen (secondary N) is 1. The first kappa shape index (κ1) is 20.2. The fourth-order valence-corrected chi connectivity index (χ4v) is 2.08. The first-order valence-corrected chi connectivity index (χ1v) is 8.42. The van der Waals surface area contributed by atoms with Crippen molar-refractivity contribution in [3.63, 3.8) is 0 Å². The molecule has 5 nitrogen and oxygen atoms in total. The third-order valence-corrected chi connectivity index (χ3v) is 3.49. The Morgan fingerprint density at radius 2 is 1.81 bits per heavy atom. The number of nitrogens with zero attached hydrogens (tertiary/aromatic N) is 2. The summed E-state index contributed by atoms with van der Waals surface area (Å²) in [7, 11) is 3.83. The van der Waals surface area contributed by atoms with Gasteiger partial charge in [0.05, 0.1) is 6.61 Å². The number of methoxy groups -OCH3 is 1. The average Bonchev–Trinajstić information content (AvgIpc) is 2.48. The third-order valence-electron chi connectivity index (χ3n) is 3.49. The molecule has 0 saturated heterocycles. The molecule has 0 amide bonds. The van der Waals surface area contributed by atoms with E-state index in [0.717, 1.165) is 39.2 Å². The van der Waals surface area contributed by atoms with Crippen molar-refractivity contribution in [3.8, 4) is 0 Å². The highest BCUT2D eigenvalue weighted by Gasteiger charge is 1.97. The van der Waals surface area contributed by atoms with Crippen LogP contribution in [0.1, 0.15) is 51.9 Å². The Morgan fingerprint density at radius 3 is 2.52 bits per heavy atom. The van der Waals surface area contributed by atoms with Crippen LogP contribution in [0.2, 0.25) is 0 Å². The van der Waals surface area contributed by atoms with Gasteiger partial charge in [-0.1, -0.05) is 39.0 Å². The number of likely N-dealkylation sites (N-methyl/N-ethyl adjacent to an activating group) is 1. The van der Waals surface area contributed by atoms with Crippen molar-refractivity contribution in [1.29, 1.82) is 0 Å². The van der Waals surface area contributed by atoms with Gasteiger partial charge in [-0.05, 0) is 26.4 Å². The minimum Gasteiger partial charge on any atom is -0.383 e. The Bertz CT molecular complexity index is 246. The average molecular weight is 300 g/mol. The van der Waals surface area contributed by atoms with Crippen LogP contribution in [0.3, 0.4) is 0 Å². The molecule has 0 aromatic rings. The van der Waals surface area contributed by atoms with Gasteiger partial charge in [-0.25, -0.2) is 0 Å². The van der Waals surface area contributed by atoms with E-state index < -0.39 is 0 Å². The minimum absolute atomic E-state index is 0.586. The molecule has 0 aromatic heterocycles. The van der Waals surface area contributed by atoms with Crippen LogP contribution in [-0.2, 0) is 4.74 Å². The topological polar surface area (TPSA) is 62.9 Å². The monoisotopic (exact) mass is 300 g/mol. The second-order valence-corrected chi connectivity index (χ2v) is 5.61. The van der Waals surface area contributed by atoms with Crippen molar-refractivity contribution in [2.24, 2.45) is 10.7 Å². The standard InChI is InChI=1S/C16H36N4O/c1-4-5-6-7-8-9-11-18-16(17)19-12-10-13-20(2)14-15-21-3/h4-15H2,1-3H3,(H3,17,18,19). The predicted octanol–water partition coefficient (Wildman–Crippen LogP) is 2.22. The molecule has 5 heteroatoms. The molecule has 0 heterocycles. The van der Waals surface area contributed by atoms with E-state index in [9.17, 15) is 0 Å². The zero-order chi connectivity index (χ0) is 15.8. The van der Waals surface area contributed by atoms with E-state index in [4.69, 9.17) is 10.5 Å². The summed E-state index contributed by atoms with van der Waals surface area (Å²) in [5.74, 6) is 0.586. The lowest BCUT2D eigenvalue weighted by molar-refractivity contribution is 0.161. The molecule has 0 bridgehead atoms. The molecule has 0 spiro atoms. The van der Waals surface area contributed by atoms with Crippen LogP contribution in [0, 0.1) is 0 Å². The van der Waals surface area contributed by atoms with Crippen LogP contribution in [0.15, 0.2) is 4.99 Å². The summed E-state index contributed by atoms with van der Waals surface area (Å²) < 4.78 is 5.04.